The van der Waals surface area contributed by atoms with Crippen molar-refractivity contribution in [2.75, 3.05) is 18.6 Å². The zero-order valence-electron chi connectivity index (χ0n) is 24.4. The predicted molar refractivity (Wildman–Crippen MR) is 155 cm³/mol. The van der Waals surface area contributed by atoms with Crippen LogP contribution < -0.4 is 4.90 Å². The Morgan fingerprint density at radius 2 is 1.58 bits per heavy atom. The summed E-state index contributed by atoms with van der Waals surface area (Å²) in [6.07, 6.45) is -2.01. The van der Waals surface area contributed by atoms with Gasteiger partial charge in [-0.3, -0.25) is 15.0 Å². The molecule has 43 heavy (non-hydrogen) atoms. The Morgan fingerprint density at radius 1 is 0.977 bits per heavy atom. The standard InChI is InChI=1S/C29H31F2N3O8S/c1-7-19-23(26(35)40-8-2)25(43-24(19)17-12-14-18(15-13-17)34(38)39)33(16-20-21(30)10-9-11-22(20)31)28(37)42-32(6)27(36)41-29(3,4)5/h9-15H,7-8,16H2,1-6H3. The van der Waals surface area contributed by atoms with Crippen molar-refractivity contribution in [2.24, 2.45) is 0 Å². The van der Waals surface area contributed by atoms with Crippen LogP contribution in [-0.4, -0.2) is 47.4 Å². The highest BCUT2D eigenvalue weighted by atomic mass is 32.1. The fraction of sp³-hybridized carbons (Fsp3) is 0.345. The summed E-state index contributed by atoms with van der Waals surface area (Å²) in [6.45, 7) is 7.42. The third kappa shape index (κ3) is 7.83. The summed E-state index contributed by atoms with van der Waals surface area (Å²) in [7, 11) is 1.12. The van der Waals surface area contributed by atoms with Gasteiger partial charge in [-0.1, -0.05) is 13.0 Å². The summed E-state index contributed by atoms with van der Waals surface area (Å²) in [5.74, 6) is -2.73. The zero-order chi connectivity index (χ0) is 32.1. The van der Waals surface area contributed by atoms with Crippen molar-refractivity contribution in [3.63, 3.8) is 0 Å². The molecule has 0 saturated heterocycles. The summed E-state index contributed by atoms with van der Waals surface area (Å²) < 4.78 is 40.1. The number of carbonyl (C=O) groups excluding carboxylic acids is 3. The molecule has 0 aliphatic rings. The molecule has 0 aliphatic carbocycles. The number of carbonyl (C=O) groups is 3. The summed E-state index contributed by atoms with van der Waals surface area (Å²) in [6, 6.07) is 8.72. The Balaban J connectivity index is 2.22. The number of hydroxylamine groups is 2. The monoisotopic (exact) mass is 619 g/mol. The van der Waals surface area contributed by atoms with Crippen LogP contribution in [0.25, 0.3) is 10.4 Å². The highest BCUT2D eigenvalue weighted by molar-refractivity contribution is 7.20. The number of ether oxygens (including phenoxy) is 2. The van der Waals surface area contributed by atoms with Crippen LogP contribution in [0.5, 0.6) is 0 Å². The minimum atomic E-state index is -1.25. The van der Waals surface area contributed by atoms with E-state index in [9.17, 15) is 33.3 Å². The number of nitro groups is 1. The zero-order valence-corrected chi connectivity index (χ0v) is 25.3. The lowest BCUT2D eigenvalue weighted by molar-refractivity contribution is -0.384. The predicted octanol–water partition coefficient (Wildman–Crippen LogP) is 7.27. The SMILES string of the molecule is CCOC(=O)c1c(N(Cc2c(F)cccc2F)C(=O)ON(C)C(=O)OC(C)(C)C)sc(-c2ccc([N+](=O)[O-])cc2)c1CC. The lowest BCUT2D eigenvalue weighted by Gasteiger charge is -2.27. The van der Waals surface area contributed by atoms with Crippen LogP contribution in [0.3, 0.4) is 0 Å². The number of esters is 1. The number of halogens is 2. The van der Waals surface area contributed by atoms with Crippen molar-refractivity contribution < 1.29 is 42.4 Å². The number of thiophene rings is 1. The van der Waals surface area contributed by atoms with E-state index in [4.69, 9.17) is 14.3 Å². The fourth-order valence-corrected chi connectivity index (χ4v) is 5.33. The summed E-state index contributed by atoms with van der Waals surface area (Å²) in [5.41, 5.74) is -0.725. The molecule has 0 atom stereocenters. The Hall–Kier alpha value is -4.59. The summed E-state index contributed by atoms with van der Waals surface area (Å²) in [4.78, 5) is 56.6. The third-order valence-electron chi connectivity index (χ3n) is 5.87. The summed E-state index contributed by atoms with van der Waals surface area (Å²) >= 11 is 0.920. The maximum absolute atomic E-state index is 14.8. The van der Waals surface area contributed by atoms with Gasteiger partial charge in [0.15, 0.2) is 0 Å². The van der Waals surface area contributed by atoms with E-state index >= 15 is 0 Å². The van der Waals surface area contributed by atoms with Crippen molar-refractivity contribution in [2.45, 2.75) is 53.2 Å². The van der Waals surface area contributed by atoms with E-state index in [0.717, 1.165) is 41.5 Å². The number of non-ortho nitro benzene ring substituents is 1. The van der Waals surface area contributed by atoms with Gasteiger partial charge in [0.2, 0.25) is 0 Å². The van der Waals surface area contributed by atoms with E-state index in [-0.39, 0.29) is 29.3 Å². The highest BCUT2D eigenvalue weighted by Gasteiger charge is 2.34. The maximum atomic E-state index is 14.8. The van der Waals surface area contributed by atoms with Gasteiger partial charge in [-0.25, -0.2) is 23.2 Å². The first kappa shape index (κ1) is 32.9. The molecule has 0 bridgehead atoms. The number of hydrogen-bond acceptors (Lipinski definition) is 9. The number of nitrogens with zero attached hydrogens (tertiary/aromatic N) is 3. The lowest BCUT2D eigenvalue weighted by Crippen LogP contribution is -2.41. The van der Waals surface area contributed by atoms with Gasteiger partial charge in [-0.05, 0) is 69.5 Å². The van der Waals surface area contributed by atoms with Crippen molar-refractivity contribution >= 4 is 40.2 Å². The largest absolute Gasteiger partial charge is 0.462 e. The van der Waals surface area contributed by atoms with Gasteiger partial charge in [0.1, 0.15) is 22.2 Å². The Labute approximate surface area is 250 Å². The molecule has 3 aromatic rings. The van der Waals surface area contributed by atoms with E-state index in [2.05, 4.69) is 0 Å². The average Bonchev–Trinajstić information content (AvgIpc) is 3.31. The molecule has 14 heteroatoms. The second-order valence-corrected chi connectivity index (χ2v) is 11.1. The second kappa shape index (κ2) is 13.6. The van der Waals surface area contributed by atoms with Crippen molar-refractivity contribution in [3.8, 4) is 10.4 Å². The molecule has 2 aromatic carbocycles. The molecule has 1 heterocycles. The van der Waals surface area contributed by atoms with Gasteiger partial charge in [0.05, 0.1) is 30.7 Å². The van der Waals surface area contributed by atoms with E-state index < -0.39 is 52.4 Å². The van der Waals surface area contributed by atoms with E-state index in [1.54, 1.807) is 34.6 Å². The second-order valence-electron chi connectivity index (χ2n) is 10.1. The van der Waals surface area contributed by atoms with Gasteiger partial charge in [-0.2, -0.15) is 0 Å². The van der Waals surface area contributed by atoms with Crippen LogP contribution in [0.15, 0.2) is 42.5 Å². The highest BCUT2D eigenvalue weighted by Crippen LogP contribution is 2.44. The van der Waals surface area contributed by atoms with Gasteiger partial charge in [0.25, 0.3) is 5.69 Å². The van der Waals surface area contributed by atoms with Crippen LogP contribution in [0.2, 0.25) is 0 Å². The maximum Gasteiger partial charge on any atom is 0.443 e. The molecule has 0 unspecified atom stereocenters. The first-order chi connectivity index (χ1) is 20.2. The van der Waals surface area contributed by atoms with Crippen LogP contribution in [-0.2, 0) is 27.3 Å². The molecule has 0 spiro atoms. The molecular formula is C29H31F2N3O8S. The van der Waals surface area contributed by atoms with Gasteiger partial charge in [0, 0.05) is 22.6 Å². The Kier molecular flexibility index (Phi) is 10.4. The van der Waals surface area contributed by atoms with E-state index in [1.165, 1.54) is 24.3 Å². The molecule has 3 rings (SSSR count). The van der Waals surface area contributed by atoms with Crippen LogP contribution in [0.1, 0.15) is 56.1 Å². The molecule has 2 amide bonds. The van der Waals surface area contributed by atoms with E-state index in [0.29, 0.717) is 21.1 Å². The first-order valence-electron chi connectivity index (χ1n) is 13.1. The molecule has 0 aliphatic heterocycles. The van der Waals surface area contributed by atoms with Gasteiger partial charge < -0.3 is 14.3 Å². The van der Waals surface area contributed by atoms with Gasteiger partial charge >= 0.3 is 18.2 Å². The normalized spacial score (nSPS) is 11.1. The molecule has 0 fully saturated rings. The molecule has 0 saturated carbocycles. The quantitative estimate of drug-likeness (QED) is 0.146. The van der Waals surface area contributed by atoms with Crippen molar-refractivity contribution in [1.29, 1.82) is 0 Å². The minimum absolute atomic E-state index is 0.0160. The molecular weight excluding hydrogens is 588 g/mol. The fourth-order valence-electron chi connectivity index (χ4n) is 3.95. The number of nitro benzene ring substituents is 1. The molecule has 1 aromatic heterocycles. The first-order valence-corrected chi connectivity index (χ1v) is 14.0. The summed E-state index contributed by atoms with van der Waals surface area (Å²) in [5, 5.41) is 11.6. The number of anilines is 1. The Bertz CT molecular complexity index is 1500. The number of benzene rings is 2. The Morgan fingerprint density at radius 3 is 2.09 bits per heavy atom. The number of hydrogen-bond donors (Lipinski definition) is 0. The third-order valence-corrected chi connectivity index (χ3v) is 7.18. The lowest BCUT2D eigenvalue weighted by atomic mass is 10.0. The van der Waals surface area contributed by atoms with Crippen LogP contribution >= 0.6 is 11.3 Å². The van der Waals surface area contributed by atoms with Crippen molar-refractivity contribution in [3.05, 3.63) is 80.9 Å². The number of rotatable bonds is 8. The van der Waals surface area contributed by atoms with Gasteiger partial charge in [-0.15, -0.1) is 16.4 Å². The van der Waals surface area contributed by atoms with Crippen LogP contribution in [0.4, 0.5) is 29.1 Å². The molecule has 230 valence electrons. The smallest absolute Gasteiger partial charge is 0.443 e. The number of amides is 2. The minimum Gasteiger partial charge on any atom is -0.462 e. The molecule has 0 N–H and O–H groups in total. The van der Waals surface area contributed by atoms with E-state index in [1.807, 2.05) is 0 Å². The average molecular weight is 620 g/mol. The van der Waals surface area contributed by atoms with Crippen molar-refractivity contribution in [1.82, 2.24) is 5.06 Å². The molecule has 11 nitrogen and oxygen atoms in total. The topological polar surface area (TPSA) is 129 Å². The molecule has 0 radical (unpaired) electrons. The van der Waals surface area contributed by atoms with Crippen LogP contribution in [0, 0.1) is 21.7 Å².